The molecular weight excluding hydrogens is 218 g/mol. The number of benzene rings is 1. The second-order valence-corrected chi connectivity index (χ2v) is 4.92. The minimum Gasteiger partial charge on any atom is -0.398 e. The van der Waals surface area contributed by atoms with Gasteiger partial charge >= 0.3 is 0 Å². The lowest BCUT2D eigenvalue weighted by molar-refractivity contribution is -0.197. The highest BCUT2D eigenvalue weighted by atomic mass is 16.5. The molecule has 0 saturated heterocycles. The molecule has 1 fully saturated rings. The quantitative estimate of drug-likeness (QED) is 0.500. The van der Waals surface area contributed by atoms with Crippen LogP contribution in [0.5, 0.6) is 0 Å². The van der Waals surface area contributed by atoms with E-state index in [0.29, 0.717) is 24.1 Å². The van der Waals surface area contributed by atoms with E-state index in [1.165, 1.54) is 0 Å². The average Bonchev–Trinajstić information content (AvgIpc) is 2.26. The van der Waals surface area contributed by atoms with Crippen molar-refractivity contribution in [1.82, 2.24) is 0 Å². The van der Waals surface area contributed by atoms with E-state index in [1.54, 1.807) is 31.2 Å². The molecule has 0 radical (unpaired) electrons. The molecule has 1 saturated carbocycles. The number of hydrogen-bond acceptors (Lipinski definition) is 4. The fourth-order valence-electron chi connectivity index (χ4n) is 2.61. The number of carbonyl (C=O) groups is 1. The number of hydrogen-bond donors (Lipinski definition) is 3. The summed E-state index contributed by atoms with van der Waals surface area (Å²) in [7, 11) is 0. The predicted octanol–water partition coefficient (Wildman–Crippen LogP) is 0.960. The first-order chi connectivity index (χ1) is 7.88. The third-order valence-electron chi connectivity index (χ3n) is 3.62. The molecule has 4 N–H and O–H groups in total. The molecule has 1 unspecified atom stereocenters. The Kier molecular flexibility index (Phi) is 2.72. The van der Waals surface area contributed by atoms with E-state index in [1.807, 2.05) is 0 Å². The zero-order chi connectivity index (χ0) is 12.7. The number of Topliss-reactive ketones (excluding diaryl/α,β-unsaturated/α-hetero) is 1. The van der Waals surface area contributed by atoms with Crippen LogP contribution >= 0.6 is 0 Å². The summed E-state index contributed by atoms with van der Waals surface area (Å²) >= 11 is 0. The Labute approximate surface area is 100 Å². The summed E-state index contributed by atoms with van der Waals surface area (Å²) in [4.78, 5) is 12.2. The summed E-state index contributed by atoms with van der Waals surface area (Å²) in [5.41, 5.74) is 6.16. The summed E-state index contributed by atoms with van der Waals surface area (Å²) in [5, 5.41) is 19.4. The molecule has 1 aliphatic carbocycles. The van der Waals surface area contributed by atoms with Crippen LogP contribution in [0.15, 0.2) is 24.3 Å². The van der Waals surface area contributed by atoms with Gasteiger partial charge in [-0.2, -0.15) is 0 Å². The first-order valence-electron chi connectivity index (χ1n) is 5.72. The first-order valence-corrected chi connectivity index (χ1v) is 5.72. The van der Waals surface area contributed by atoms with Crippen LogP contribution in [0.2, 0.25) is 0 Å². The molecule has 92 valence electrons. The number of nitrogens with two attached hydrogens (primary N) is 1. The van der Waals surface area contributed by atoms with E-state index >= 15 is 0 Å². The molecule has 1 aromatic carbocycles. The van der Waals surface area contributed by atoms with Gasteiger partial charge in [0.1, 0.15) is 0 Å². The maximum absolute atomic E-state index is 12.2. The van der Waals surface area contributed by atoms with Gasteiger partial charge in [-0.1, -0.05) is 18.2 Å². The van der Waals surface area contributed by atoms with Crippen LogP contribution in [0.25, 0.3) is 0 Å². The second-order valence-electron chi connectivity index (χ2n) is 4.92. The minimum atomic E-state index is -2.23. The Hall–Kier alpha value is -1.39. The molecule has 17 heavy (non-hydrogen) atoms. The van der Waals surface area contributed by atoms with Gasteiger partial charge < -0.3 is 15.9 Å². The summed E-state index contributed by atoms with van der Waals surface area (Å²) < 4.78 is 0. The van der Waals surface area contributed by atoms with Crippen LogP contribution in [0.3, 0.4) is 0 Å². The van der Waals surface area contributed by atoms with Gasteiger partial charge in [-0.15, -0.1) is 0 Å². The number of anilines is 1. The van der Waals surface area contributed by atoms with Crippen molar-refractivity contribution in [2.45, 2.75) is 37.4 Å². The molecule has 4 heteroatoms. The second kappa shape index (κ2) is 3.82. The van der Waals surface area contributed by atoms with E-state index in [-0.39, 0.29) is 6.42 Å². The smallest absolute Gasteiger partial charge is 0.224 e. The van der Waals surface area contributed by atoms with Crippen LogP contribution in [0.1, 0.15) is 31.7 Å². The highest BCUT2D eigenvalue weighted by Crippen LogP contribution is 2.41. The zero-order valence-electron chi connectivity index (χ0n) is 9.81. The van der Waals surface area contributed by atoms with Crippen molar-refractivity contribution in [1.29, 1.82) is 0 Å². The third-order valence-corrected chi connectivity index (χ3v) is 3.62. The number of ketones is 1. The van der Waals surface area contributed by atoms with Gasteiger partial charge in [0.25, 0.3) is 0 Å². The van der Waals surface area contributed by atoms with Crippen LogP contribution in [-0.2, 0) is 10.2 Å². The lowest BCUT2D eigenvalue weighted by Crippen LogP contribution is -2.53. The van der Waals surface area contributed by atoms with E-state index in [4.69, 9.17) is 5.73 Å². The number of rotatable bonds is 1. The van der Waals surface area contributed by atoms with E-state index in [2.05, 4.69) is 0 Å². The summed E-state index contributed by atoms with van der Waals surface area (Å²) in [5.74, 6) is -2.79. The molecule has 4 nitrogen and oxygen atoms in total. The molecule has 0 aromatic heterocycles. The van der Waals surface area contributed by atoms with Gasteiger partial charge in [-0.25, -0.2) is 0 Å². The SMILES string of the molecule is CC1(c2ccccc2N)CCCC(O)(O)C1=O. The summed E-state index contributed by atoms with van der Waals surface area (Å²) in [6.07, 6.45) is 1.26. The molecular formula is C13H17NO3. The fourth-order valence-corrected chi connectivity index (χ4v) is 2.61. The molecule has 1 aliphatic rings. The number of carbonyl (C=O) groups excluding carboxylic acids is 1. The molecule has 0 aliphatic heterocycles. The Bertz CT molecular complexity index is 456. The molecule has 2 rings (SSSR count). The van der Waals surface area contributed by atoms with Gasteiger partial charge in [0, 0.05) is 12.1 Å². The Morgan fingerprint density at radius 1 is 1.24 bits per heavy atom. The first kappa shape index (κ1) is 12.1. The van der Waals surface area contributed by atoms with E-state index < -0.39 is 17.0 Å². The van der Waals surface area contributed by atoms with Crippen LogP contribution in [-0.4, -0.2) is 21.8 Å². The Balaban J connectivity index is 2.49. The van der Waals surface area contributed by atoms with Crippen LogP contribution in [0, 0.1) is 0 Å². The van der Waals surface area contributed by atoms with Crippen molar-refractivity contribution >= 4 is 11.5 Å². The van der Waals surface area contributed by atoms with Gasteiger partial charge in [0.05, 0.1) is 5.41 Å². The van der Waals surface area contributed by atoms with Gasteiger partial charge in [0.2, 0.25) is 11.6 Å². The maximum Gasteiger partial charge on any atom is 0.224 e. The van der Waals surface area contributed by atoms with Gasteiger partial charge in [-0.3, -0.25) is 4.79 Å². The van der Waals surface area contributed by atoms with Crippen molar-refractivity contribution < 1.29 is 15.0 Å². The molecule has 0 spiro atoms. The number of aliphatic hydroxyl groups is 2. The molecule has 0 bridgehead atoms. The summed E-state index contributed by atoms with van der Waals surface area (Å²) in [6.45, 7) is 1.72. The average molecular weight is 235 g/mol. The third kappa shape index (κ3) is 1.83. The fraction of sp³-hybridized carbons (Fsp3) is 0.462. The molecule has 1 atom stereocenters. The number of para-hydroxylation sites is 1. The standard InChI is InChI=1S/C13H17NO3/c1-12(9-5-2-3-6-10(9)14)7-4-8-13(16,17)11(12)15/h2-3,5-6,16-17H,4,7-8,14H2,1H3. The largest absolute Gasteiger partial charge is 0.398 e. The molecule has 0 heterocycles. The highest BCUT2D eigenvalue weighted by Gasteiger charge is 2.50. The molecule has 0 amide bonds. The number of nitrogen functional groups attached to an aromatic ring is 1. The maximum atomic E-state index is 12.2. The van der Waals surface area contributed by atoms with Crippen molar-refractivity contribution in [2.75, 3.05) is 5.73 Å². The van der Waals surface area contributed by atoms with Crippen molar-refractivity contribution in [3.8, 4) is 0 Å². The van der Waals surface area contributed by atoms with Crippen molar-refractivity contribution in [3.63, 3.8) is 0 Å². The highest BCUT2D eigenvalue weighted by molar-refractivity contribution is 5.96. The van der Waals surface area contributed by atoms with E-state index in [0.717, 1.165) is 0 Å². The van der Waals surface area contributed by atoms with Crippen molar-refractivity contribution in [3.05, 3.63) is 29.8 Å². The topological polar surface area (TPSA) is 83.6 Å². The van der Waals surface area contributed by atoms with Crippen molar-refractivity contribution in [2.24, 2.45) is 0 Å². The molecule has 1 aromatic rings. The van der Waals surface area contributed by atoms with Gasteiger partial charge in [-0.05, 0) is 31.4 Å². The minimum absolute atomic E-state index is 0.0914. The lowest BCUT2D eigenvalue weighted by atomic mass is 9.67. The van der Waals surface area contributed by atoms with E-state index in [9.17, 15) is 15.0 Å². The lowest BCUT2D eigenvalue weighted by Gasteiger charge is -2.39. The monoisotopic (exact) mass is 235 g/mol. The Morgan fingerprint density at radius 3 is 2.53 bits per heavy atom. The van der Waals surface area contributed by atoms with Crippen LogP contribution in [0.4, 0.5) is 5.69 Å². The Morgan fingerprint density at radius 2 is 1.88 bits per heavy atom. The normalized spacial score (nSPS) is 28.1. The predicted molar refractivity (Wildman–Crippen MR) is 64.2 cm³/mol. The summed E-state index contributed by atoms with van der Waals surface area (Å²) in [6, 6.07) is 7.09. The van der Waals surface area contributed by atoms with Gasteiger partial charge in [0.15, 0.2) is 0 Å². The van der Waals surface area contributed by atoms with Crippen LogP contribution < -0.4 is 5.73 Å². The zero-order valence-corrected chi connectivity index (χ0v) is 9.81.